The molecule has 2 rings (SSSR count). The van der Waals surface area contributed by atoms with E-state index < -0.39 is 5.92 Å². The number of rotatable bonds is 4. The number of carbonyl (C=O) groups is 1. The van der Waals surface area contributed by atoms with Gasteiger partial charge in [-0.3, -0.25) is 9.69 Å². The van der Waals surface area contributed by atoms with E-state index >= 15 is 0 Å². The minimum absolute atomic E-state index is 0.0218. The molecule has 5 heteroatoms. The number of nitriles is 1. The van der Waals surface area contributed by atoms with Crippen LogP contribution in [0.4, 0.5) is 0 Å². The zero-order valence-corrected chi connectivity index (χ0v) is 12.2. The molecule has 0 aromatic carbocycles. The van der Waals surface area contributed by atoms with Gasteiger partial charge in [-0.15, -0.1) is 11.3 Å². The van der Waals surface area contributed by atoms with Gasteiger partial charge in [0.2, 0.25) is 0 Å². The summed E-state index contributed by atoms with van der Waals surface area (Å²) in [5, 5.41) is 11.7. The Balaban J connectivity index is 1.96. The first-order valence-corrected chi connectivity index (χ1v) is 7.55. The fraction of sp³-hybridized carbons (Fsp3) is 0.643. The maximum atomic E-state index is 12.2. The van der Waals surface area contributed by atoms with Crippen molar-refractivity contribution in [1.29, 1.82) is 5.26 Å². The molecule has 0 aliphatic carbocycles. The van der Waals surface area contributed by atoms with Crippen LogP contribution in [0.15, 0.2) is 5.38 Å². The van der Waals surface area contributed by atoms with E-state index in [1.165, 1.54) is 11.3 Å². The third-order valence-corrected chi connectivity index (χ3v) is 4.62. The van der Waals surface area contributed by atoms with Crippen molar-refractivity contribution in [2.24, 2.45) is 5.92 Å². The summed E-state index contributed by atoms with van der Waals surface area (Å²) in [5.74, 6) is 0.0316. The normalized spacial score (nSPS) is 19.0. The fourth-order valence-electron chi connectivity index (χ4n) is 2.30. The van der Waals surface area contributed by atoms with Gasteiger partial charge in [-0.25, -0.2) is 4.98 Å². The van der Waals surface area contributed by atoms with Crippen LogP contribution >= 0.6 is 11.3 Å². The van der Waals surface area contributed by atoms with Crippen molar-refractivity contribution >= 4 is 17.1 Å². The summed E-state index contributed by atoms with van der Waals surface area (Å²) >= 11 is 1.40. The Hall–Kier alpha value is -1.25. The molecule has 1 aliphatic heterocycles. The van der Waals surface area contributed by atoms with Crippen LogP contribution < -0.4 is 0 Å². The Morgan fingerprint density at radius 3 is 2.84 bits per heavy atom. The maximum absolute atomic E-state index is 12.2. The molecule has 0 N–H and O–H groups in total. The predicted octanol–water partition coefficient (Wildman–Crippen LogP) is 2.36. The zero-order valence-electron chi connectivity index (χ0n) is 11.4. The van der Waals surface area contributed by atoms with Gasteiger partial charge in [-0.05, 0) is 38.8 Å². The number of ketones is 1. The highest BCUT2D eigenvalue weighted by Gasteiger charge is 2.26. The predicted molar refractivity (Wildman–Crippen MR) is 75.1 cm³/mol. The lowest BCUT2D eigenvalue weighted by molar-refractivity contribution is -0.120. The Morgan fingerprint density at radius 2 is 2.32 bits per heavy atom. The van der Waals surface area contributed by atoms with Gasteiger partial charge in [0, 0.05) is 11.1 Å². The average molecular weight is 277 g/mol. The highest BCUT2D eigenvalue weighted by molar-refractivity contribution is 7.09. The molecule has 0 unspecified atom stereocenters. The van der Waals surface area contributed by atoms with Crippen LogP contribution in [0.2, 0.25) is 0 Å². The number of likely N-dealkylation sites (tertiary alicyclic amines) is 1. The SMILES string of the molecule is Cc1csc([C@@H](C#N)C(=O)CN2CCC(C)CC2)n1. The van der Waals surface area contributed by atoms with E-state index in [1.54, 1.807) is 0 Å². The highest BCUT2D eigenvalue weighted by Crippen LogP contribution is 2.22. The molecule has 102 valence electrons. The number of thiazole rings is 1. The molecule has 1 aromatic rings. The zero-order chi connectivity index (χ0) is 13.8. The first-order chi connectivity index (χ1) is 9.10. The highest BCUT2D eigenvalue weighted by atomic mass is 32.1. The minimum atomic E-state index is -0.696. The molecule has 1 aromatic heterocycles. The summed E-state index contributed by atoms with van der Waals surface area (Å²) in [6, 6.07) is 2.10. The Morgan fingerprint density at radius 1 is 1.63 bits per heavy atom. The summed E-state index contributed by atoms with van der Waals surface area (Å²) in [6.45, 7) is 6.42. The first-order valence-electron chi connectivity index (χ1n) is 6.67. The Bertz CT molecular complexity index is 483. The van der Waals surface area contributed by atoms with E-state index in [0.29, 0.717) is 11.6 Å². The Kier molecular flexibility index (Phi) is 4.67. The molecule has 4 nitrogen and oxygen atoms in total. The van der Waals surface area contributed by atoms with Gasteiger partial charge in [0.25, 0.3) is 0 Å². The van der Waals surface area contributed by atoms with Crippen LogP contribution in [0.3, 0.4) is 0 Å². The van der Waals surface area contributed by atoms with Crippen LogP contribution in [0.25, 0.3) is 0 Å². The van der Waals surface area contributed by atoms with Crippen LogP contribution in [-0.4, -0.2) is 35.3 Å². The van der Waals surface area contributed by atoms with Crippen LogP contribution in [0.1, 0.15) is 36.4 Å². The van der Waals surface area contributed by atoms with E-state index in [4.69, 9.17) is 0 Å². The number of nitrogens with zero attached hydrogens (tertiary/aromatic N) is 3. The molecule has 19 heavy (non-hydrogen) atoms. The molecule has 2 heterocycles. The standard InChI is InChI=1S/C14H19N3OS/c1-10-3-5-17(6-4-10)8-13(18)12(7-15)14-16-11(2)9-19-14/h9-10,12H,3-6,8H2,1-2H3/t12-/m0/s1. The lowest BCUT2D eigenvalue weighted by Gasteiger charge is -2.29. The van der Waals surface area contributed by atoms with E-state index in [-0.39, 0.29) is 5.78 Å². The van der Waals surface area contributed by atoms with E-state index in [9.17, 15) is 10.1 Å². The molecule has 0 spiro atoms. The molecule has 1 aliphatic rings. The van der Waals surface area contributed by atoms with Crippen molar-refractivity contribution in [3.8, 4) is 6.07 Å². The van der Waals surface area contributed by atoms with Crippen molar-refractivity contribution in [3.05, 3.63) is 16.1 Å². The van der Waals surface area contributed by atoms with Gasteiger partial charge in [0.15, 0.2) is 11.7 Å². The van der Waals surface area contributed by atoms with Gasteiger partial charge in [0.05, 0.1) is 12.6 Å². The van der Waals surface area contributed by atoms with Gasteiger partial charge < -0.3 is 0 Å². The second-order valence-corrected chi connectivity index (χ2v) is 6.20. The summed E-state index contributed by atoms with van der Waals surface area (Å²) < 4.78 is 0. The summed E-state index contributed by atoms with van der Waals surface area (Å²) in [7, 11) is 0. The molecule has 0 amide bonds. The van der Waals surface area contributed by atoms with Crippen LogP contribution in [0, 0.1) is 24.2 Å². The van der Waals surface area contributed by atoms with Gasteiger partial charge in [-0.2, -0.15) is 5.26 Å². The lowest BCUT2D eigenvalue weighted by Crippen LogP contribution is -2.38. The molecule has 1 saturated heterocycles. The van der Waals surface area contributed by atoms with Gasteiger partial charge in [0.1, 0.15) is 5.01 Å². The summed E-state index contributed by atoms with van der Waals surface area (Å²) in [6.07, 6.45) is 2.28. The molecule has 1 fully saturated rings. The minimum Gasteiger partial charge on any atom is -0.296 e. The second kappa shape index (κ2) is 6.27. The van der Waals surface area contributed by atoms with Crippen molar-refractivity contribution in [3.63, 3.8) is 0 Å². The molecular formula is C14H19N3OS. The second-order valence-electron chi connectivity index (χ2n) is 5.31. The molecule has 0 radical (unpaired) electrons. The largest absolute Gasteiger partial charge is 0.296 e. The third-order valence-electron chi connectivity index (χ3n) is 3.59. The number of aryl methyl sites for hydroxylation is 1. The summed E-state index contributed by atoms with van der Waals surface area (Å²) in [5.41, 5.74) is 0.875. The summed E-state index contributed by atoms with van der Waals surface area (Å²) in [4.78, 5) is 18.7. The Labute approximate surface area is 118 Å². The van der Waals surface area contributed by atoms with Gasteiger partial charge >= 0.3 is 0 Å². The average Bonchev–Trinajstić information content (AvgIpc) is 2.80. The van der Waals surface area contributed by atoms with E-state index in [2.05, 4.69) is 22.9 Å². The number of carbonyl (C=O) groups excluding carboxylic acids is 1. The molecule has 1 atom stereocenters. The smallest absolute Gasteiger partial charge is 0.170 e. The van der Waals surface area contributed by atoms with Gasteiger partial charge in [-0.1, -0.05) is 6.92 Å². The topological polar surface area (TPSA) is 57.0 Å². The number of Topliss-reactive ketones (excluding diaryl/α,β-unsaturated/α-hetero) is 1. The number of aromatic nitrogens is 1. The van der Waals surface area contributed by atoms with Crippen molar-refractivity contribution in [2.75, 3.05) is 19.6 Å². The van der Waals surface area contributed by atoms with Crippen molar-refractivity contribution in [1.82, 2.24) is 9.88 Å². The number of hydrogen-bond donors (Lipinski definition) is 0. The van der Waals surface area contributed by atoms with Crippen molar-refractivity contribution < 1.29 is 4.79 Å². The third kappa shape index (κ3) is 3.62. The molecular weight excluding hydrogens is 258 g/mol. The number of hydrogen-bond acceptors (Lipinski definition) is 5. The van der Waals surface area contributed by atoms with E-state index in [0.717, 1.165) is 37.5 Å². The monoisotopic (exact) mass is 277 g/mol. The number of piperidine rings is 1. The fourth-order valence-corrected chi connectivity index (χ4v) is 3.16. The molecule has 0 bridgehead atoms. The van der Waals surface area contributed by atoms with Crippen molar-refractivity contribution in [2.45, 2.75) is 32.6 Å². The maximum Gasteiger partial charge on any atom is 0.170 e. The molecule has 0 saturated carbocycles. The first kappa shape index (κ1) is 14.2. The van der Waals surface area contributed by atoms with E-state index in [1.807, 2.05) is 12.3 Å². The quantitative estimate of drug-likeness (QED) is 0.847. The van der Waals surface area contributed by atoms with Crippen LogP contribution in [0.5, 0.6) is 0 Å². The lowest BCUT2D eigenvalue weighted by atomic mass is 9.98. The van der Waals surface area contributed by atoms with Crippen LogP contribution in [-0.2, 0) is 4.79 Å².